The lowest BCUT2D eigenvalue weighted by atomic mass is 10.1. The molecular weight excluding hydrogens is 403 g/mol. The van der Waals surface area contributed by atoms with Crippen LogP contribution in [0.2, 0.25) is 0 Å². The van der Waals surface area contributed by atoms with Gasteiger partial charge in [0.15, 0.2) is 5.96 Å². The third-order valence-electron chi connectivity index (χ3n) is 2.88. The molecule has 0 bridgehead atoms. The second-order valence-corrected chi connectivity index (χ2v) is 6.89. The Morgan fingerprint density at radius 1 is 1.19 bits per heavy atom. The molecule has 0 aliphatic carbocycles. The first-order valence-electron chi connectivity index (χ1n) is 7.31. The number of hydrogen-bond donors (Lipinski definition) is 3. The molecule has 0 saturated carbocycles. The second kappa shape index (κ2) is 13.6. The largest absolute Gasteiger partial charge is 0.355 e. The van der Waals surface area contributed by atoms with Gasteiger partial charge in [0.25, 0.3) is 0 Å². The minimum absolute atomic E-state index is 0. The van der Waals surface area contributed by atoms with E-state index in [0.29, 0.717) is 25.1 Å². The highest BCUT2D eigenvalue weighted by Gasteiger charge is 2.05. The molecule has 1 unspecified atom stereocenters. The maximum Gasteiger partial charge on any atom is 0.208 e. The lowest BCUT2D eigenvalue weighted by Crippen LogP contribution is -2.44. The fourth-order valence-corrected chi connectivity index (χ4v) is 2.27. The monoisotopic (exact) mass is 434 g/mol. The summed E-state index contributed by atoms with van der Waals surface area (Å²) in [4.78, 5) is 4.12. The highest BCUT2D eigenvalue weighted by molar-refractivity contribution is 14.0. The van der Waals surface area contributed by atoms with Crippen molar-refractivity contribution in [1.82, 2.24) is 15.4 Å². The van der Waals surface area contributed by atoms with Crippen molar-refractivity contribution >= 4 is 40.0 Å². The minimum atomic E-state index is -3.12. The molecule has 0 rings (SSSR count). The minimum Gasteiger partial charge on any atom is -0.355 e. The number of hydrogen-bond acceptors (Lipinski definition) is 3. The molecule has 6 nitrogen and oxygen atoms in total. The van der Waals surface area contributed by atoms with Gasteiger partial charge in [0.05, 0.1) is 6.26 Å². The summed E-state index contributed by atoms with van der Waals surface area (Å²) in [7, 11) is -1.41. The fraction of sp³-hybridized carbons (Fsp3) is 0.923. The van der Waals surface area contributed by atoms with Gasteiger partial charge in [-0.3, -0.25) is 4.99 Å². The Morgan fingerprint density at radius 2 is 1.86 bits per heavy atom. The number of nitrogens with zero attached hydrogens (tertiary/aromatic N) is 1. The van der Waals surface area contributed by atoms with Crippen LogP contribution in [0.25, 0.3) is 0 Å². The SMILES string of the molecule is CCCCCCC(C)NC(=NC)NCCNS(C)(=O)=O.I. The summed E-state index contributed by atoms with van der Waals surface area (Å²) in [5.41, 5.74) is 0. The number of nitrogens with one attached hydrogen (secondary N) is 3. The van der Waals surface area contributed by atoms with E-state index in [4.69, 9.17) is 0 Å². The average Bonchev–Trinajstić information content (AvgIpc) is 2.37. The van der Waals surface area contributed by atoms with Gasteiger partial charge >= 0.3 is 0 Å². The van der Waals surface area contributed by atoms with Gasteiger partial charge in [-0.1, -0.05) is 32.6 Å². The van der Waals surface area contributed by atoms with E-state index in [9.17, 15) is 8.42 Å². The molecular formula is C13H31IN4O2S. The molecule has 3 N–H and O–H groups in total. The normalized spacial score (nSPS) is 13.4. The summed E-state index contributed by atoms with van der Waals surface area (Å²) in [5, 5.41) is 6.39. The first-order valence-corrected chi connectivity index (χ1v) is 9.20. The van der Waals surface area contributed by atoms with Crippen LogP contribution in [0, 0.1) is 0 Å². The van der Waals surface area contributed by atoms with Crippen LogP contribution in [0.5, 0.6) is 0 Å². The number of guanidine groups is 1. The van der Waals surface area contributed by atoms with Gasteiger partial charge in [-0.2, -0.15) is 0 Å². The Hall–Kier alpha value is -0.0900. The lowest BCUT2D eigenvalue weighted by Gasteiger charge is -2.17. The van der Waals surface area contributed by atoms with E-state index in [2.05, 4.69) is 34.2 Å². The van der Waals surface area contributed by atoms with Gasteiger partial charge in [-0.15, -0.1) is 24.0 Å². The Labute approximate surface area is 147 Å². The molecule has 0 aromatic carbocycles. The number of sulfonamides is 1. The van der Waals surface area contributed by atoms with Crippen LogP contribution in [0.3, 0.4) is 0 Å². The zero-order valence-electron chi connectivity index (χ0n) is 13.6. The topological polar surface area (TPSA) is 82.6 Å². The van der Waals surface area contributed by atoms with Crippen molar-refractivity contribution in [3.63, 3.8) is 0 Å². The van der Waals surface area contributed by atoms with Crippen LogP contribution in [0.15, 0.2) is 4.99 Å². The van der Waals surface area contributed by atoms with E-state index >= 15 is 0 Å². The molecule has 0 spiro atoms. The molecule has 0 aromatic rings. The van der Waals surface area contributed by atoms with E-state index in [1.165, 1.54) is 25.7 Å². The number of aliphatic imine (C=N–C) groups is 1. The quantitative estimate of drug-likeness (QED) is 0.212. The average molecular weight is 434 g/mol. The van der Waals surface area contributed by atoms with Crippen molar-refractivity contribution in [3.05, 3.63) is 0 Å². The highest BCUT2D eigenvalue weighted by atomic mass is 127. The van der Waals surface area contributed by atoms with Crippen LogP contribution in [-0.2, 0) is 10.0 Å². The maximum absolute atomic E-state index is 10.9. The Balaban J connectivity index is 0. The predicted octanol–water partition coefficient (Wildman–Crippen LogP) is 1.68. The number of unbranched alkanes of at least 4 members (excludes halogenated alkanes) is 3. The van der Waals surface area contributed by atoms with Crippen molar-refractivity contribution in [3.8, 4) is 0 Å². The molecule has 1 atom stereocenters. The van der Waals surface area contributed by atoms with Gasteiger partial charge < -0.3 is 10.6 Å². The van der Waals surface area contributed by atoms with Crippen molar-refractivity contribution in [2.75, 3.05) is 26.4 Å². The molecule has 0 radical (unpaired) electrons. The van der Waals surface area contributed by atoms with Crippen molar-refractivity contribution in [2.45, 2.75) is 52.0 Å². The molecule has 0 aliphatic heterocycles. The van der Waals surface area contributed by atoms with E-state index in [0.717, 1.165) is 12.7 Å². The zero-order valence-corrected chi connectivity index (χ0v) is 16.8. The molecule has 0 saturated heterocycles. The van der Waals surface area contributed by atoms with Crippen LogP contribution in [-0.4, -0.2) is 46.8 Å². The van der Waals surface area contributed by atoms with E-state index < -0.39 is 10.0 Å². The third kappa shape index (κ3) is 16.1. The van der Waals surface area contributed by atoms with Crippen LogP contribution >= 0.6 is 24.0 Å². The molecule has 128 valence electrons. The molecule has 0 aromatic heterocycles. The van der Waals surface area contributed by atoms with Gasteiger partial charge in [-0.05, 0) is 13.3 Å². The molecule has 8 heteroatoms. The van der Waals surface area contributed by atoms with Crippen LogP contribution in [0.4, 0.5) is 0 Å². The molecule has 0 fully saturated rings. The number of rotatable bonds is 10. The van der Waals surface area contributed by atoms with Gasteiger partial charge in [0.1, 0.15) is 0 Å². The molecule has 21 heavy (non-hydrogen) atoms. The standard InChI is InChI=1S/C13H30N4O2S.HI/c1-5-6-7-8-9-12(2)17-13(14-3)15-10-11-16-20(4,18)19;/h12,16H,5-11H2,1-4H3,(H2,14,15,17);1H. The molecule has 0 heterocycles. The highest BCUT2D eigenvalue weighted by Crippen LogP contribution is 2.04. The summed E-state index contributed by atoms with van der Waals surface area (Å²) in [5.74, 6) is 0.711. The fourth-order valence-electron chi connectivity index (χ4n) is 1.79. The smallest absolute Gasteiger partial charge is 0.208 e. The van der Waals surface area contributed by atoms with Crippen molar-refractivity contribution < 1.29 is 8.42 Å². The van der Waals surface area contributed by atoms with Crippen molar-refractivity contribution in [1.29, 1.82) is 0 Å². The first kappa shape index (κ1) is 23.2. The second-order valence-electron chi connectivity index (χ2n) is 5.06. The predicted molar refractivity (Wildman–Crippen MR) is 101 cm³/mol. The summed E-state index contributed by atoms with van der Waals surface area (Å²) >= 11 is 0. The zero-order chi connectivity index (χ0) is 15.4. The van der Waals surface area contributed by atoms with Gasteiger partial charge in [0.2, 0.25) is 10.0 Å². The van der Waals surface area contributed by atoms with Gasteiger partial charge in [-0.25, -0.2) is 13.1 Å². The Kier molecular flexibility index (Phi) is 15.0. The van der Waals surface area contributed by atoms with E-state index in [1.54, 1.807) is 7.05 Å². The summed E-state index contributed by atoms with van der Waals surface area (Å²) in [6.45, 7) is 5.20. The summed E-state index contributed by atoms with van der Waals surface area (Å²) in [6.07, 6.45) is 7.29. The van der Waals surface area contributed by atoms with E-state index in [1.807, 2.05) is 0 Å². The van der Waals surface area contributed by atoms with Gasteiger partial charge in [0, 0.05) is 26.2 Å². The van der Waals surface area contributed by atoms with Crippen molar-refractivity contribution in [2.24, 2.45) is 4.99 Å². The Bertz CT molecular complexity index is 374. The molecule has 0 amide bonds. The maximum atomic E-state index is 10.9. The van der Waals surface area contributed by atoms with Crippen LogP contribution < -0.4 is 15.4 Å². The number of halogens is 1. The Morgan fingerprint density at radius 3 is 2.38 bits per heavy atom. The lowest BCUT2D eigenvalue weighted by molar-refractivity contribution is 0.536. The first-order chi connectivity index (χ1) is 9.39. The molecule has 0 aliphatic rings. The van der Waals surface area contributed by atoms with E-state index in [-0.39, 0.29) is 24.0 Å². The van der Waals surface area contributed by atoms with Crippen LogP contribution in [0.1, 0.15) is 46.0 Å². The summed E-state index contributed by atoms with van der Waals surface area (Å²) in [6, 6.07) is 0.362. The summed E-state index contributed by atoms with van der Waals surface area (Å²) < 4.78 is 24.2. The third-order valence-corrected chi connectivity index (χ3v) is 3.61.